The number of hydrogen-bond acceptors (Lipinski definition) is 3. The fourth-order valence-corrected chi connectivity index (χ4v) is 3.38. The summed E-state index contributed by atoms with van der Waals surface area (Å²) < 4.78 is 15.5. The zero-order chi connectivity index (χ0) is 18.8. The van der Waals surface area contributed by atoms with Crippen LogP contribution in [0.4, 0.5) is 10.1 Å². The Morgan fingerprint density at radius 3 is 2.73 bits per heavy atom. The zero-order valence-electron chi connectivity index (χ0n) is 15.3. The van der Waals surface area contributed by atoms with Gasteiger partial charge in [-0.1, -0.05) is 13.8 Å². The third-order valence-corrected chi connectivity index (χ3v) is 4.68. The Labute approximate surface area is 152 Å². The Kier molecular flexibility index (Phi) is 4.93. The van der Waals surface area contributed by atoms with Crippen LogP contribution in [0.3, 0.4) is 0 Å². The molecular weight excluding hydrogens is 331 g/mol. The van der Waals surface area contributed by atoms with Gasteiger partial charge < -0.3 is 15.5 Å². The smallest absolute Gasteiger partial charge is 0.269 e. The molecule has 3 N–H and O–H groups in total. The minimum Gasteiger partial charge on any atom is -0.378 e. The third-order valence-electron chi connectivity index (χ3n) is 4.68. The number of nitrogens with two attached hydrogens (primary N) is 1. The summed E-state index contributed by atoms with van der Waals surface area (Å²) in [7, 11) is 0. The molecule has 0 unspecified atom stereocenters. The van der Waals surface area contributed by atoms with Crippen molar-refractivity contribution in [3.05, 3.63) is 64.4 Å². The fraction of sp³-hybridized carbons (Fsp3) is 0.300. The maximum Gasteiger partial charge on any atom is 0.269 e. The summed E-state index contributed by atoms with van der Waals surface area (Å²) in [4.78, 5) is 16.1. The standard InChI is InChI=1S/C20H23FN4O/c1-4-13-10-14(21)9-12(3)15(13)11-23-16-7-6-8-25-17(5-2)18(19(22)26)24-20(16)25/h6-10,23H,4-5,11H2,1-3H3,(H2,22,26). The van der Waals surface area contributed by atoms with Gasteiger partial charge in [0, 0.05) is 12.7 Å². The van der Waals surface area contributed by atoms with Crippen molar-refractivity contribution in [2.24, 2.45) is 5.73 Å². The van der Waals surface area contributed by atoms with Crippen LogP contribution in [0.15, 0.2) is 30.5 Å². The van der Waals surface area contributed by atoms with Gasteiger partial charge in [0.2, 0.25) is 0 Å². The van der Waals surface area contributed by atoms with E-state index >= 15 is 0 Å². The molecule has 2 heterocycles. The lowest BCUT2D eigenvalue weighted by Crippen LogP contribution is -2.14. The van der Waals surface area contributed by atoms with Gasteiger partial charge in [0.05, 0.1) is 11.4 Å². The number of rotatable bonds is 6. The van der Waals surface area contributed by atoms with E-state index in [1.165, 1.54) is 0 Å². The summed E-state index contributed by atoms with van der Waals surface area (Å²) in [5.74, 6) is -0.740. The Balaban J connectivity index is 1.99. The molecule has 0 bridgehead atoms. The number of nitrogens with one attached hydrogen (secondary N) is 1. The van der Waals surface area contributed by atoms with E-state index < -0.39 is 5.91 Å². The molecule has 1 aromatic carbocycles. The van der Waals surface area contributed by atoms with Gasteiger partial charge in [-0.3, -0.25) is 4.79 Å². The molecule has 136 valence electrons. The van der Waals surface area contributed by atoms with Crippen molar-refractivity contribution in [1.29, 1.82) is 0 Å². The number of hydrogen-bond donors (Lipinski definition) is 2. The molecule has 0 spiro atoms. The van der Waals surface area contributed by atoms with Gasteiger partial charge >= 0.3 is 0 Å². The lowest BCUT2D eigenvalue weighted by atomic mass is 9.99. The van der Waals surface area contributed by atoms with Gasteiger partial charge in [-0.05, 0) is 60.7 Å². The van der Waals surface area contributed by atoms with E-state index in [0.29, 0.717) is 24.3 Å². The van der Waals surface area contributed by atoms with Crippen molar-refractivity contribution in [3.63, 3.8) is 0 Å². The number of aromatic nitrogens is 2. The van der Waals surface area contributed by atoms with E-state index in [2.05, 4.69) is 10.3 Å². The van der Waals surface area contributed by atoms with Crippen LogP contribution in [-0.2, 0) is 19.4 Å². The average Bonchev–Trinajstić information content (AvgIpc) is 2.99. The van der Waals surface area contributed by atoms with Crippen LogP contribution in [-0.4, -0.2) is 15.3 Å². The summed E-state index contributed by atoms with van der Waals surface area (Å²) in [6.07, 6.45) is 3.29. The van der Waals surface area contributed by atoms with Crippen molar-refractivity contribution in [3.8, 4) is 0 Å². The van der Waals surface area contributed by atoms with Crippen LogP contribution < -0.4 is 11.1 Å². The highest BCUT2D eigenvalue weighted by Gasteiger charge is 2.17. The Morgan fingerprint density at radius 2 is 2.08 bits per heavy atom. The van der Waals surface area contributed by atoms with Crippen LogP contribution in [0.1, 0.15) is 46.7 Å². The summed E-state index contributed by atoms with van der Waals surface area (Å²) >= 11 is 0. The number of fused-ring (bicyclic) bond motifs is 1. The highest BCUT2D eigenvalue weighted by Crippen LogP contribution is 2.23. The molecule has 0 radical (unpaired) electrons. The van der Waals surface area contributed by atoms with Crippen LogP contribution in [0, 0.1) is 12.7 Å². The van der Waals surface area contributed by atoms with Crippen molar-refractivity contribution < 1.29 is 9.18 Å². The lowest BCUT2D eigenvalue weighted by molar-refractivity contribution is 0.0995. The number of aryl methyl sites for hydroxylation is 3. The number of primary amides is 1. The molecule has 5 nitrogen and oxygen atoms in total. The first-order valence-electron chi connectivity index (χ1n) is 8.77. The van der Waals surface area contributed by atoms with Crippen LogP contribution in [0.5, 0.6) is 0 Å². The second-order valence-corrected chi connectivity index (χ2v) is 6.31. The summed E-state index contributed by atoms with van der Waals surface area (Å²) in [6.45, 7) is 6.44. The molecule has 0 saturated carbocycles. The van der Waals surface area contributed by atoms with Crippen LogP contribution in [0.25, 0.3) is 5.65 Å². The molecule has 3 rings (SSSR count). The molecule has 1 amide bonds. The van der Waals surface area contributed by atoms with Crippen LogP contribution in [0.2, 0.25) is 0 Å². The minimum atomic E-state index is -0.529. The molecule has 26 heavy (non-hydrogen) atoms. The molecular formula is C20H23FN4O. The Bertz CT molecular complexity index is 978. The predicted molar refractivity (Wildman–Crippen MR) is 101 cm³/mol. The molecule has 0 aliphatic heterocycles. The van der Waals surface area contributed by atoms with Gasteiger partial charge in [-0.15, -0.1) is 0 Å². The monoisotopic (exact) mass is 354 g/mol. The molecule has 2 aromatic heterocycles. The minimum absolute atomic E-state index is 0.211. The topological polar surface area (TPSA) is 72.4 Å². The number of benzene rings is 1. The largest absolute Gasteiger partial charge is 0.378 e. The summed E-state index contributed by atoms with van der Waals surface area (Å²) in [5, 5.41) is 3.38. The molecule has 6 heteroatoms. The number of carbonyl (C=O) groups is 1. The predicted octanol–water partition coefficient (Wildman–Crippen LogP) is 3.62. The highest BCUT2D eigenvalue weighted by molar-refractivity contribution is 5.93. The molecule has 0 aliphatic rings. The van der Waals surface area contributed by atoms with Gasteiger partial charge in [-0.25, -0.2) is 9.37 Å². The highest BCUT2D eigenvalue weighted by atomic mass is 19.1. The summed E-state index contributed by atoms with van der Waals surface area (Å²) in [6, 6.07) is 6.95. The first kappa shape index (κ1) is 17.9. The van der Waals surface area contributed by atoms with Gasteiger partial charge in [0.25, 0.3) is 5.91 Å². The molecule has 3 aromatic rings. The second kappa shape index (κ2) is 7.15. The van der Waals surface area contributed by atoms with Crippen molar-refractivity contribution >= 4 is 17.2 Å². The van der Waals surface area contributed by atoms with Gasteiger partial charge in [0.15, 0.2) is 5.65 Å². The summed E-state index contributed by atoms with van der Waals surface area (Å²) in [5.41, 5.74) is 11.0. The van der Waals surface area contributed by atoms with Crippen LogP contribution >= 0.6 is 0 Å². The number of nitrogens with zero attached hydrogens (tertiary/aromatic N) is 2. The van der Waals surface area contributed by atoms with E-state index in [4.69, 9.17) is 5.73 Å². The first-order chi connectivity index (χ1) is 12.5. The maximum atomic E-state index is 13.7. The number of anilines is 1. The van der Waals surface area contributed by atoms with Crippen molar-refractivity contribution in [2.45, 2.75) is 40.2 Å². The number of pyridine rings is 1. The van der Waals surface area contributed by atoms with E-state index in [1.54, 1.807) is 12.1 Å². The molecule has 0 fully saturated rings. The second-order valence-electron chi connectivity index (χ2n) is 6.31. The number of carbonyl (C=O) groups excluding carboxylic acids is 1. The number of amides is 1. The first-order valence-corrected chi connectivity index (χ1v) is 8.77. The lowest BCUT2D eigenvalue weighted by Gasteiger charge is -2.14. The number of imidazole rings is 1. The van der Waals surface area contributed by atoms with E-state index in [0.717, 1.165) is 34.5 Å². The maximum absolute atomic E-state index is 13.7. The quantitative estimate of drug-likeness (QED) is 0.710. The van der Waals surface area contributed by atoms with E-state index in [1.807, 2.05) is 43.5 Å². The van der Waals surface area contributed by atoms with E-state index in [-0.39, 0.29) is 5.82 Å². The molecule has 0 atom stereocenters. The zero-order valence-corrected chi connectivity index (χ0v) is 15.3. The molecule has 0 saturated heterocycles. The van der Waals surface area contributed by atoms with Gasteiger partial charge in [-0.2, -0.15) is 0 Å². The Hall–Kier alpha value is -2.89. The van der Waals surface area contributed by atoms with Crippen molar-refractivity contribution in [2.75, 3.05) is 5.32 Å². The Morgan fingerprint density at radius 1 is 1.31 bits per heavy atom. The SMILES string of the molecule is CCc1cc(F)cc(C)c1CNc1cccn2c(CC)c(C(N)=O)nc12. The van der Waals surface area contributed by atoms with E-state index in [9.17, 15) is 9.18 Å². The third kappa shape index (κ3) is 3.14. The normalized spacial score (nSPS) is 11.1. The fourth-order valence-electron chi connectivity index (χ4n) is 3.38. The van der Waals surface area contributed by atoms with Gasteiger partial charge in [0.1, 0.15) is 11.5 Å². The van der Waals surface area contributed by atoms with Crippen molar-refractivity contribution in [1.82, 2.24) is 9.38 Å². The molecule has 0 aliphatic carbocycles. The number of halogens is 1. The average molecular weight is 354 g/mol.